The first kappa shape index (κ1) is 12.8. The zero-order valence-corrected chi connectivity index (χ0v) is 10.4. The highest BCUT2D eigenvalue weighted by molar-refractivity contribution is 5.51. The average molecular weight is 223 g/mol. The van der Waals surface area contributed by atoms with E-state index < -0.39 is 0 Å². The molecule has 0 aromatic heterocycles. The molecule has 0 bridgehead atoms. The van der Waals surface area contributed by atoms with Crippen molar-refractivity contribution in [3.05, 3.63) is 23.8 Å². The predicted molar refractivity (Wildman–Crippen MR) is 67.1 cm³/mol. The number of hydrogen-bond acceptors (Lipinski definition) is 3. The molecule has 2 N–H and O–H groups in total. The van der Waals surface area contributed by atoms with Crippen molar-refractivity contribution in [1.29, 1.82) is 0 Å². The van der Waals surface area contributed by atoms with Gasteiger partial charge in [-0.25, -0.2) is 0 Å². The van der Waals surface area contributed by atoms with Gasteiger partial charge in [0, 0.05) is 5.69 Å². The van der Waals surface area contributed by atoms with Gasteiger partial charge in [0.2, 0.25) is 0 Å². The zero-order valence-electron chi connectivity index (χ0n) is 10.4. The smallest absolute Gasteiger partial charge is 0.121 e. The number of anilines is 1. The van der Waals surface area contributed by atoms with Crippen LogP contribution in [0, 0.1) is 12.8 Å². The van der Waals surface area contributed by atoms with Crippen LogP contribution in [0.4, 0.5) is 5.69 Å². The van der Waals surface area contributed by atoms with Gasteiger partial charge in [-0.1, -0.05) is 13.8 Å². The van der Waals surface area contributed by atoms with Gasteiger partial charge in [0.1, 0.15) is 5.75 Å². The maximum atomic E-state index is 9.24. The van der Waals surface area contributed by atoms with Gasteiger partial charge < -0.3 is 15.2 Å². The Morgan fingerprint density at radius 3 is 2.50 bits per heavy atom. The fraction of sp³-hybridized carbons (Fsp3) is 0.538. The van der Waals surface area contributed by atoms with E-state index in [0.717, 1.165) is 17.0 Å². The summed E-state index contributed by atoms with van der Waals surface area (Å²) in [5.41, 5.74) is 2.11. The fourth-order valence-corrected chi connectivity index (χ4v) is 1.61. The number of aryl methyl sites for hydroxylation is 1. The molecule has 0 aliphatic carbocycles. The summed E-state index contributed by atoms with van der Waals surface area (Å²) in [6, 6.07) is 6.03. The van der Waals surface area contributed by atoms with Crippen LogP contribution in [0.25, 0.3) is 0 Å². The molecule has 0 aliphatic rings. The minimum Gasteiger partial charge on any atom is -0.496 e. The monoisotopic (exact) mass is 223 g/mol. The molecule has 0 radical (unpaired) electrons. The lowest BCUT2D eigenvalue weighted by Crippen LogP contribution is -2.29. The summed E-state index contributed by atoms with van der Waals surface area (Å²) in [6.07, 6.45) is 0. The lowest BCUT2D eigenvalue weighted by atomic mass is 10.0. The molecule has 0 aliphatic heterocycles. The number of ether oxygens (including phenoxy) is 1. The molecular weight excluding hydrogens is 202 g/mol. The second-order valence-electron chi connectivity index (χ2n) is 4.36. The van der Waals surface area contributed by atoms with Crippen molar-refractivity contribution < 1.29 is 9.84 Å². The standard InChI is InChI=1S/C13H21NO2/c1-9(2)12(8-15)14-11-5-6-13(16-4)10(3)7-11/h5-7,9,12,14-15H,8H2,1-4H3. The Morgan fingerprint density at radius 1 is 1.38 bits per heavy atom. The van der Waals surface area contributed by atoms with Gasteiger partial charge in [0.25, 0.3) is 0 Å². The van der Waals surface area contributed by atoms with E-state index in [9.17, 15) is 5.11 Å². The summed E-state index contributed by atoms with van der Waals surface area (Å²) in [6.45, 7) is 6.32. The van der Waals surface area contributed by atoms with Crippen LogP contribution in [0.2, 0.25) is 0 Å². The normalized spacial score (nSPS) is 12.6. The van der Waals surface area contributed by atoms with Gasteiger partial charge in [0.15, 0.2) is 0 Å². The Kier molecular flexibility index (Phi) is 4.62. The average Bonchev–Trinajstić information content (AvgIpc) is 2.25. The van der Waals surface area contributed by atoms with Crippen molar-refractivity contribution in [2.75, 3.05) is 19.0 Å². The molecule has 90 valence electrons. The number of hydrogen-bond donors (Lipinski definition) is 2. The molecule has 3 heteroatoms. The highest BCUT2D eigenvalue weighted by Gasteiger charge is 2.11. The number of nitrogens with one attached hydrogen (secondary N) is 1. The van der Waals surface area contributed by atoms with E-state index in [1.165, 1.54) is 0 Å². The molecular formula is C13H21NO2. The summed E-state index contributed by atoms with van der Waals surface area (Å²) in [5, 5.41) is 12.6. The summed E-state index contributed by atoms with van der Waals surface area (Å²) in [5.74, 6) is 1.28. The minimum absolute atomic E-state index is 0.0906. The number of benzene rings is 1. The van der Waals surface area contributed by atoms with E-state index in [4.69, 9.17) is 4.74 Å². The van der Waals surface area contributed by atoms with Crippen LogP contribution in [0.3, 0.4) is 0 Å². The van der Waals surface area contributed by atoms with E-state index in [1.807, 2.05) is 25.1 Å². The lowest BCUT2D eigenvalue weighted by molar-refractivity contribution is 0.249. The van der Waals surface area contributed by atoms with Crippen LogP contribution < -0.4 is 10.1 Å². The summed E-state index contributed by atoms with van der Waals surface area (Å²) >= 11 is 0. The topological polar surface area (TPSA) is 41.5 Å². The van der Waals surface area contributed by atoms with Crippen molar-refractivity contribution in [2.45, 2.75) is 26.8 Å². The van der Waals surface area contributed by atoms with Gasteiger partial charge in [-0.3, -0.25) is 0 Å². The Morgan fingerprint density at radius 2 is 2.06 bits per heavy atom. The molecule has 0 heterocycles. The Balaban J connectivity index is 2.78. The largest absolute Gasteiger partial charge is 0.496 e. The quantitative estimate of drug-likeness (QED) is 0.805. The van der Waals surface area contributed by atoms with E-state index >= 15 is 0 Å². The van der Waals surface area contributed by atoms with Crippen molar-refractivity contribution >= 4 is 5.69 Å². The lowest BCUT2D eigenvalue weighted by Gasteiger charge is -2.21. The summed E-state index contributed by atoms with van der Waals surface area (Å²) in [7, 11) is 1.67. The predicted octanol–water partition coefficient (Wildman–Crippen LogP) is 2.43. The SMILES string of the molecule is COc1ccc(NC(CO)C(C)C)cc1C. The number of methoxy groups -OCH3 is 1. The number of aliphatic hydroxyl groups excluding tert-OH is 1. The zero-order chi connectivity index (χ0) is 12.1. The van der Waals surface area contributed by atoms with Crippen molar-refractivity contribution in [1.82, 2.24) is 0 Å². The van der Waals surface area contributed by atoms with E-state index in [-0.39, 0.29) is 12.6 Å². The molecule has 0 amide bonds. The van der Waals surface area contributed by atoms with Crippen molar-refractivity contribution in [3.63, 3.8) is 0 Å². The summed E-state index contributed by atoms with van der Waals surface area (Å²) in [4.78, 5) is 0. The Labute approximate surface area is 97.4 Å². The highest BCUT2D eigenvalue weighted by atomic mass is 16.5. The van der Waals surface area contributed by atoms with Crippen LogP contribution in [0.5, 0.6) is 5.75 Å². The first-order chi connectivity index (χ1) is 7.58. The third-order valence-corrected chi connectivity index (χ3v) is 2.75. The van der Waals surface area contributed by atoms with Crippen LogP contribution >= 0.6 is 0 Å². The molecule has 1 atom stereocenters. The Hall–Kier alpha value is -1.22. The maximum absolute atomic E-state index is 9.24. The minimum atomic E-state index is 0.0906. The molecule has 16 heavy (non-hydrogen) atoms. The van der Waals surface area contributed by atoms with Crippen molar-refractivity contribution in [2.24, 2.45) is 5.92 Å². The molecule has 0 fully saturated rings. The molecule has 1 unspecified atom stereocenters. The van der Waals surface area contributed by atoms with Crippen LogP contribution in [0.1, 0.15) is 19.4 Å². The van der Waals surface area contributed by atoms with Crippen molar-refractivity contribution in [3.8, 4) is 5.75 Å². The molecule has 0 saturated carbocycles. The number of rotatable bonds is 5. The highest BCUT2D eigenvalue weighted by Crippen LogP contribution is 2.22. The van der Waals surface area contributed by atoms with Gasteiger partial charge >= 0.3 is 0 Å². The van der Waals surface area contributed by atoms with Gasteiger partial charge in [-0.2, -0.15) is 0 Å². The summed E-state index contributed by atoms with van der Waals surface area (Å²) < 4.78 is 5.20. The van der Waals surface area contributed by atoms with Gasteiger partial charge in [0.05, 0.1) is 19.8 Å². The van der Waals surface area contributed by atoms with E-state index in [1.54, 1.807) is 7.11 Å². The van der Waals surface area contributed by atoms with E-state index in [2.05, 4.69) is 19.2 Å². The molecule has 1 aromatic carbocycles. The maximum Gasteiger partial charge on any atom is 0.121 e. The van der Waals surface area contributed by atoms with Crippen LogP contribution in [-0.4, -0.2) is 24.9 Å². The number of aliphatic hydroxyl groups is 1. The third-order valence-electron chi connectivity index (χ3n) is 2.75. The second-order valence-corrected chi connectivity index (χ2v) is 4.36. The van der Waals surface area contributed by atoms with Gasteiger partial charge in [-0.15, -0.1) is 0 Å². The van der Waals surface area contributed by atoms with Gasteiger partial charge in [-0.05, 0) is 36.6 Å². The molecule has 1 aromatic rings. The molecule has 3 nitrogen and oxygen atoms in total. The fourth-order valence-electron chi connectivity index (χ4n) is 1.61. The Bertz CT molecular complexity index is 337. The van der Waals surface area contributed by atoms with E-state index in [0.29, 0.717) is 5.92 Å². The first-order valence-electron chi connectivity index (χ1n) is 5.60. The molecule has 0 spiro atoms. The molecule has 1 rings (SSSR count). The van der Waals surface area contributed by atoms with Crippen LogP contribution in [0.15, 0.2) is 18.2 Å². The van der Waals surface area contributed by atoms with Crippen LogP contribution in [-0.2, 0) is 0 Å². The second kappa shape index (κ2) is 5.75. The molecule has 0 saturated heterocycles. The first-order valence-corrected chi connectivity index (χ1v) is 5.60. The third kappa shape index (κ3) is 3.14.